The van der Waals surface area contributed by atoms with E-state index in [2.05, 4.69) is 5.32 Å². The van der Waals surface area contributed by atoms with Crippen LogP contribution in [0.15, 0.2) is 0 Å². The third kappa shape index (κ3) is 6.45. The van der Waals surface area contributed by atoms with Gasteiger partial charge in [0.1, 0.15) is 0 Å². The lowest BCUT2D eigenvalue weighted by atomic mass is 10.1. The van der Waals surface area contributed by atoms with E-state index in [0.717, 1.165) is 0 Å². The Morgan fingerprint density at radius 1 is 1.67 bits per heavy atom. The van der Waals surface area contributed by atoms with Crippen molar-refractivity contribution in [1.29, 1.82) is 0 Å². The van der Waals surface area contributed by atoms with Gasteiger partial charge in [-0.05, 0) is 13.8 Å². The number of nitrogens with one attached hydrogen (secondary N) is 1. The summed E-state index contributed by atoms with van der Waals surface area (Å²) in [5.74, 6) is 0.487. The number of hydrogen-bond donors (Lipinski definition) is 2. The summed E-state index contributed by atoms with van der Waals surface area (Å²) in [6.45, 7) is 4.23. The van der Waals surface area contributed by atoms with Crippen molar-refractivity contribution in [1.82, 2.24) is 5.32 Å². The summed E-state index contributed by atoms with van der Waals surface area (Å²) in [5, 5.41) is 11.0. The molecule has 0 fully saturated rings. The molecule has 0 aromatic rings. The first-order valence-corrected chi connectivity index (χ1v) is 4.77. The maximum Gasteiger partial charge on any atom is 0.207 e. The SMILES string of the molecule is CC(C)(CNC=O)OCSCO. The topological polar surface area (TPSA) is 58.6 Å². The molecule has 12 heavy (non-hydrogen) atoms. The zero-order valence-corrected chi connectivity index (χ0v) is 8.19. The minimum Gasteiger partial charge on any atom is -0.386 e. The molecule has 0 atom stereocenters. The van der Waals surface area contributed by atoms with E-state index in [9.17, 15) is 4.79 Å². The van der Waals surface area contributed by atoms with E-state index in [4.69, 9.17) is 9.84 Å². The summed E-state index contributed by atoms with van der Waals surface area (Å²) in [6.07, 6.45) is 0.643. The molecule has 0 aromatic heterocycles. The third-order valence-electron chi connectivity index (χ3n) is 1.24. The molecule has 0 aliphatic heterocycles. The van der Waals surface area contributed by atoms with Crippen LogP contribution in [0, 0.1) is 0 Å². The van der Waals surface area contributed by atoms with E-state index in [1.165, 1.54) is 11.8 Å². The fourth-order valence-corrected chi connectivity index (χ4v) is 1.05. The van der Waals surface area contributed by atoms with Crippen molar-refractivity contribution in [2.75, 3.05) is 18.4 Å². The molecule has 0 spiro atoms. The predicted octanol–water partition coefficient (Wildman–Crippen LogP) is 0.168. The monoisotopic (exact) mass is 193 g/mol. The van der Waals surface area contributed by atoms with Crippen LogP contribution in [-0.4, -0.2) is 35.5 Å². The Hall–Kier alpha value is -0.260. The second kappa shape index (κ2) is 6.28. The van der Waals surface area contributed by atoms with Gasteiger partial charge >= 0.3 is 0 Å². The van der Waals surface area contributed by atoms with Crippen LogP contribution in [0.25, 0.3) is 0 Å². The molecule has 2 N–H and O–H groups in total. The van der Waals surface area contributed by atoms with Crippen molar-refractivity contribution in [3.8, 4) is 0 Å². The number of hydrogen-bond acceptors (Lipinski definition) is 4. The first-order valence-electron chi connectivity index (χ1n) is 3.62. The first kappa shape index (κ1) is 11.7. The average Bonchev–Trinajstić information content (AvgIpc) is 2.01. The van der Waals surface area contributed by atoms with Gasteiger partial charge in [0, 0.05) is 6.54 Å². The molecule has 4 nitrogen and oxygen atoms in total. The third-order valence-corrected chi connectivity index (χ3v) is 1.70. The zero-order chi connectivity index (χ0) is 9.45. The summed E-state index contributed by atoms with van der Waals surface area (Å²) in [4.78, 5) is 9.97. The largest absolute Gasteiger partial charge is 0.386 e. The highest BCUT2D eigenvalue weighted by Gasteiger charge is 2.17. The molecule has 0 heterocycles. The van der Waals surface area contributed by atoms with Gasteiger partial charge in [-0.3, -0.25) is 4.79 Å². The molecule has 72 valence electrons. The molecular formula is C7H15NO3S. The van der Waals surface area contributed by atoms with E-state index < -0.39 is 0 Å². The lowest BCUT2D eigenvalue weighted by molar-refractivity contribution is -0.110. The minimum absolute atomic E-state index is 0.0528. The van der Waals surface area contributed by atoms with Gasteiger partial charge in [-0.2, -0.15) is 0 Å². The maximum absolute atomic E-state index is 9.97. The number of carbonyl (C=O) groups is 1. The summed E-state index contributed by atoms with van der Waals surface area (Å²) < 4.78 is 5.35. The van der Waals surface area contributed by atoms with Gasteiger partial charge in [0.2, 0.25) is 6.41 Å². The highest BCUT2D eigenvalue weighted by Crippen LogP contribution is 2.10. The van der Waals surface area contributed by atoms with Crippen LogP contribution in [0.5, 0.6) is 0 Å². The normalized spacial score (nSPS) is 11.2. The smallest absolute Gasteiger partial charge is 0.207 e. The molecule has 5 heteroatoms. The standard InChI is InChI=1S/C7H15NO3S/c1-7(2,3-8-4-9)11-6-12-5-10/h4,10H,3,5-6H2,1-2H3,(H,8,9). The van der Waals surface area contributed by atoms with Crippen molar-refractivity contribution in [2.45, 2.75) is 19.4 Å². The van der Waals surface area contributed by atoms with Gasteiger partial charge in [0.05, 0.1) is 17.5 Å². The Morgan fingerprint density at radius 3 is 2.83 bits per heavy atom. The molecule has 0 aromatic carbocycles. The van der Waals surface area contributed by atoms with Crippen LogP contribution >= 0.6 is 11.8 Å². The van der Waals surface area contributed by atoms with Gasteiger partial charge in [-0.25, -0.2) is 0 Å². The second-order valence-corrected chi connectivity index (χ2v) is 3.76. The van der Waals surface area contributed by atoms with Crippen LogP contribution in [0.1, 0.15) is 13.8 Å². The molecule has 0 unspecified atom stereocenters. The average molecular weight is 193 g/mol. The molecular weight excluding hydrogens is 178 g/mol. The summed E-state index contributed by atoms with van der Waals surface area (Å²) >= 11 is 1.29. The highest BCUT2D eigenvalue weighted by molar-refractivity contribution is 7.98. The molecule has 0 aliphatic rings. The number of amides is 1. The van der Waals surface area contributed by atoms with Crippen LogP contribution < -0.4 is 5.32 Å². The maximum atomic E-state index is 9.97. The van der Waals surface area contributed by atoms with Crippen LogP contribution in [0.3, 0.4) is 0 Å². The quantitative estimate of drug-likeness (QED) is 0.344. The Bertz CT molecular complexity index is 130. The Kier molecular flexibility index (Phi) is 6.14. The van der Waals surface area contributed by atoms with Crippen LogP contribution in [0.2, 0.25) is 0 Å². The lowest BCUT2D eigenvalue weighted by Crippen LogP contribution is -2.37. The molecule has 1 amide bonds. The van der Waals surface area contributed by atoms with Gasteiger partial charge < -0.3 is 15.2 Å². The summed E-state index contributed by atoms with van der Waals surface area (Å²) in [5.41, 5.74) is -0.372. The van der Waals surface area contributed by atoms with Crippen molar-refractivity contribution in [2.24, 2.45) is 0 Å². The fourth-order valence-electron chi connectivity index (χ4n) is 0.577. The number of aliphatic hydroxyl groups excluding tert-OH is 1. The number of thioether (sulfide) groups is 1. The van der Waals surface area contributed by atoms with Crippen molar-refractivity contribution in [3.05, 3.63) is 0 Å². The van der Waals surface area contributed by atoms with Crippen molar-refractivity contribution in [3.63, 3.8) is 0 Å². The van der Waals surface area contributed by atoms with E-state index in [0.29, 0.717) is 18.9 Å². The summed E-state index contributed by atoms with van der Waals surface area (Å²) in [7, 11) is 0. The number of carbonyl (C=O) groups excluding carboxylic acids is 1. The van der Waals surface area contributed by atoms with Gasteiger partial charge in [0.25, 0.3) is 0 Å². The predicted molar refractivity (Wildman–Crippen MR) is 48.8 cm³/mol. The van der Waals surface area contributed by atoms with Crippen molar-refractivity contribution < 1.29 is 14.6 Å². The Labute approximate surface area is 76.7 Å². The van der Waals surface area contributed by atoms with E-state index in [1.54, 1.807) is 0 Å². The van der Waals surface area contributed by atoms with E-state index in [1.807, 2.05) is 13.8 Å². The van der Waals surface area contributed by atoms with Crippen LogP contribution in [0.4, 0.5) is 0 Å². The molecule has 0 rings (SSSR count). The molecule has 0 radical (unpaired) electrons. The number of aliphatic hydroxyl groups is 1. The number of ether oxygens (including phenoxy) is 1. The van der Waals surface area contributed by atoms with Crippen molar-refractivity contribution >= 4 is 18.2 Å². The summed E-state index contributed by atoms with van der Waals surface area (Å²) in [6, 6.07) is 0. The highest BCUT2D eigenvalue weighted by atomic mass is 32.2. The van der Waals surface area contributed by atoms with E-state index >= 15 is 0 Å². The molecule has 0 saturated heterocycles. The fraction of sp³-hybridized carbons (Fsp3) is 0.857. The Balaban J connectivity index is 3.48. The van der Waals surface area contributed by atoms with Crippen LogP contribution in [-0.2, 0) is 9.53 Å². The molecule has 0 aliphatic carbocycles. The lowest BCUT2D eigenvalue weighted by Gasteiger charge is -2.24. The number of rotatable bonds is 7. The molecule has 0 bridgehead atoms. The zero-order valence-electron chi connectivity index (χ0n) is 7.37. The minimum atomic E-state index is -0.372. The van der Waals surface area contributed by atoms with Gasteiger partial charge in [0.15, 0.2) is 0 Å². The van der Waals surface area contributed by atoms with Gasteiger partial charge in [-0.1, -0.05) is 0 Å². The van der Waals surface area contributed by atoms with Gasteiger partial charge in [-0.15, -0.1) is 11.8 Å². The first-order chi connectivity index (χ1) is 5.62. The Morgan fingerprint density at radius 2 is 2.33 bits per heavy atom. The van der Waals surface area contributed by atoms with E-state index in [-0.39, 0.29) is 11.5 Å². The molecule has 0 saturated carbocycles. The second-order valence-electron chi connectivity index (χ2n) is 2.85.